The lowest BCUT2D eigenvalue weighted by Crippen LogP contribution is -2.23. The molecule has 0 aliphatic rings. The molecule has 9 heteroatoms. The Morgan fingerprint density at radius 3 is 2.61 bits per heavy atom. The number of benzene rings is 1. The number of nitrogens with zero attached hydrogens (tertiary/aromatic N) is 1. The third-order valence-corrected chi connectivity index (χ3v) is 3.43. The molecular weight excluding hydrogens is 273 g/mol. The topological polar surface area (TPSA) is 86.2 Å². The quantitative estimate of drug-likeness (QED) is 0.847. The summed E-state index contributed by atoms with van der Waals surface area (Å²) in [6, 6.07) is 4.07. The fourth-order valence-corrected chi connectivity index (χ4v) is 2.34. The van der Waals surface area contributed by atoms with Crippen LogP contribution in [0.5, 0.6) is 0 Å². The molecule has 18 heavy (non-hydrogen) atoms. The Bertz CT molecular complexity index is 691. The van der Waals surface area contributed by atoms with Gasteiger partial charge in [-0.1, -0.05) is 0 Å². The molecule has 0 saturated carbocycles. The van der Waals surface area contributed by atoms with Crippen LogP contribution in [-0.4, -0.2) is 25.3 Å². The summed E-state index contributed by atoms with van der Waals surface area (Å²) in [6.07, 6.45) is -4.85. The van der Waals surface area contributed by atoms with E-state index in [1.54, 1.807) is 0 Å². The molecule has 0 fully saturated rings. The van der Waals surface area contributed by atoms with E-state index in [0.717, 1.165) is 0 Å². The second-order valence-electron chi connectivity index (χ2n) is 3.58. The minimum Gasteiger partial charge on any atom is -0.428 e. The van der Waals surface area contributed by atoms with Crippen molar-refractivity contribution in [2.45, 2.75) is 11.4 Å². The Morgan fingerprint density at radius 1 is 1.33 bits per heavy atom. The van der Waals surface area contributed by atoms with E-state index >= 15 is 0 Å². The first-order chi connectivity index (χ1) is 8.17. The fourth-order valence-electron chi connectivity index (χ4n) is 1.33. The number of oxazole rings is 1. The van der Waals surface area contributed by atoms with Crippen LogP contribution in [0.4, 0.5) is 18.9 Å². The molecule has 0 amide bonds. The van der Waals surface area contributed by atoms with E-state index in [2.05, 4.69) is 4.98 Å². The largest absolute Gasteiger partial charge is 0.428 e. The van der Waals surface area contributed by atoms with Crippen LogP contribution in [-0.2, 0) is 9.84 Å². The molecule has 0 bridgehead atoms. The number of nitrogen functional groups attached to an aromatic ring is 1. The average Bonchev–Trinajstić information content (AvgIpc) is 2.57. The minimum absolute atomic E-state index is 0.0601. The van der Waals surface area contributed by atoms with Gasteiger partial charge in [0.2, 0.25) is 9.84 Å². The number of sulfone groups is 1. The second kappa shape index (κ2) is 3.87. The number of anilines is 1. The van der Waals surface area contributed by atoms with Crippen LogP contribution in [0, 0.1) is 0 Å². The van der Waals surface area contributed by atoms with E-state index in [0.29, 0.717) is 5.69 Å². The molecule has 1 aromatic heterocycles. The van der Waals surface area contributed by atoms with Gasteiger partial charge in [-0.2, -0.15) is 18.2 Å². The number of hydrogen-bond donors (Lipinski definition) is 1. The molecule has 2 aromatic rings. The SMILES string of the molecule is Nc1ccc2oc(S(=O)(=O)CC(F)(F)F)nc2c1. The minimum atomic E-state index is -4.85. The molecule has 1 heterocycles. The first-order valence-corrected chi connectivity index (χ1v) is 6.28. The highest BCUT2D eigenvalue weighted by Gasteiger charge is 2.38. The molecule has 0 saturated heterocycles. The van der Waals surface area contributed by atoms with Gasteiger partial charge in [-0.25, -0.2) is 8.42 Å². The Balaban J connectivity index is 2.48. The first-order valence-electron chi connectivity index (χ1n) is 4.63. The highest BCUT2D eigenvalue weighted by Crippen LogP contribution is 2.25. The zero-order valence-corrected chi connectivity index (χ0v) is 9.55. The fraction of sp³-hybridized carbons (Fsp3) is 0.222. The molecule has 0 atom stereocenters. The molecular formula is C9H7F3N2O3S. The molecule has 0 aliphatic carbocycles. The van der Waals surface area contributed by atoms with Gasteiger partial charge in [0.05, 0.1) is 0 Å². The summed E-state index contributed by atoms with van der Waals surface area (Å²) in [6.45, 7) is 0. The van der Waals surface area contributed by atoms with Gasteiger partial charge in [0.15, 0.2) is 11.3 Å². The highest BCUT2D eigenvalue weighted by atomic mass is 32.2. The number of halogens is 3. The lowest BCUT2D eigenvalue weighted by atomic mass is 10.3. The van der Waals surface area contributed by atoms with Gasteiger partial charge in [-0.05, 0) is 18.2 Å². The monoisotopic (exact) mass is 280 g/mol. The molecule has 0 radical (unpaired) electrons. The van der Waals surface area contributed by atoms with E-state index in [1.807, 2.05) is 0 Å². The molecule has 1 aromatic carbocycles. The number of nitrogens with two attached hydrogens (primary N) is 1. The van der Waals surface area contributed by atoms with Gasteiger partial charge in [0.25, 0.3) is 0 Å². The van der Waals surface area contributed by atoms with Crippen molar-refractivity contribution in [3.63, 3.8) is 0 Å². The Hall–Kier alpha value is -1.77. The maximum absolute atomic E-state index is 12.1. The molecule has 2 rings (SSSR count). The van der Waals surface area contributed by atoms with Crippen molar-refractivity contribution in [1.29, 1.82) is 0 Å². The lowest BCUT2D eigenvalue weighted by molar-refractivity contribution is -0.106. The van der Waals surface area contributed by atoms with Crippen LogP contribution in [0.15, 0.2) is 27.8 Å². The Labute approximate surface area is 99.3 Å². The summed E-state index contributed by atoms with van der Waals surface area (Å²) in [5, 5.41) is -0.958. The van der Waals surface area contributed by atoms with Crippen molar-refractivity contribution in [3.05, 3.63) is 18.2 Å². The third kappa shape index (κ3) is 2.55. The molecule has 2 N–H and O–H groups in total. The van der Waals surface area contributed by atoms with Crippen LogP contribution in [0.3, 0.4) is 0 Å². The van der Waals surface area contributed by atoms with Gasteiger partial charge < -0.3 is 10.2 Å². The van der Waals surface area contributed by atoms with E-state index in [4.69, 9.17) is 10.2 Å². The number of alkyl halides is 3. The van der Waals surface area contributed by atoms with Crippen molar-refractivity contribution in [1.82, 2.24) is 4.98 Å². The number of fused-ring (bicyclic) bond motifs is 1. The zero-order chi connectivity index (χ0) is 13.6. The van der Waals surface area contributed by atoms with E-state index in [-0.39, 0.29) is 11.1 Å². The van der Waals surface area contributed by atoms with Crippen LogP contribution in [0.25, 0.3) is 11.1 Å². The summed E-state index contributed by atoms with van der Waals surface area (Å²) < 4.78 is 63.8. The van der Waals surface area contributed by atoms with Gasteiger partial charge >= 0.3 is 11.4 Å². The summed E-state index contributed by atoms with van der Waals surface area (Å²) in [7, 11) is -4.64. The van der Waals surface area contributed by atoms with Crippen molar-refractivity contribution < 1.29 is 26.0 Å². The Morgan fingerprint density at radius 2 is 2.00 bits per heavy atom. The number of rotatable bonds is 2. The van der Waals surface area contributed by atoms with Crippen molar-refractivity contribution in [2.75, 3.05) is 11.5 Å². The predicted molar refractivity (Wildman–Crippen MR) is 56.5 cm³/mol. The standard InChI is InChI=1S/C9H7F3N2O3S/c10-9(11,12)4-18(15,16)8-14-6-3-5(13)1-2-7(6)17-8/h1-3H,4,13H2. The average molecular weight is 280 g/mol. The van der Waals surface area contributed by atoms with Gasteiger partial charge in [-0.15, -0.1) is 0 Å². The first kappa shape index (κ1) is 12.7. The van der Waals surface area contributed by atoms with Crippen LogP contribution in [0.1, 0.15) is 0 Å². The van der Waals surface area contributed by atoms with Crippen LogP contribution >= 0.6 is 0 Å². The van der Waals surface area contributed by atoms with Gasteiger partial charge in [0.1, 0.15) is 5.52 Å². The summed E-state index contributed by atoms with van der Waals surface area (Å²) in [4.78, 5) is 3.49. The van der Waals surface area contributed by atoms with Crippen LogP contribution < -0.4 is 5.73 Å². The van der Waals surface area contributed by atoms with Crippen molar-refractivity contribution in [2.24, 2.45) is 0 Å². The van der Waals surface area contributed by atoms with Gasteiger partial charge in [-0.3, -0.25) is 0 Å². The maximum atomic E-state index is 12.1. The predicted octanol–water partition coefficient (Wildman–Crippen LogP) is 1.75. The zero-order valence-electron chi connectivity index (χ0n) is 8.73. The Kier molecular flexibility index (Phi) is 2.73. The highest BCUT2D eigenvalue weighted by molar-refractivity contribution is 7.91. The second-order valence-corrected chi connectivity index (χ2v) is 5.45. The lowest BCUT2D eigenvalue weighted by Gasteiger charge is -2.03. The molecule has 0 aliphatic heterocycles. The summed E-state index contributed by atoms with van der Waals surface area (Å²) in [5.74, 6) is -2.01. The van der Waals surface area contributed by atoms with E-state index in [1.165, 1.54) is 18.2 Å². The van der Waals surface area contributed by atoms with Crippen molar-refractivity contribution >= 4 is 26.6 Å². The summed E-state index contributed by atoms with van der Waals surface area (Å²) >= 11 is 0. The number of hydrogen-bond acceptors (Lipinski definition) is 5. The van der Waals surface area contributed by atoms with E-state index < -0.39 is 27.0 Å². The molecule has 0 unspecified atom stereocenters. The number of aromatic nitrogens is 1. The van der Waals surface area contributed by atoms with Gasteiger partial charge in [0, 0.05) is 5.69 Å². The van der Waals surface area contributed by atoms with Crippen LogP contribution in [0.2, 0.25) is 0 Å². The molecule has 0 spiro atoms. The van der Waals surface area contributed by atoms with E-state index in [9.17, 15) is 21.6 Å². The molecule has 98 valence electrons. The molecule has 5 nitrogen and oxygen atoms in total. The van der Waals surface area contributed by atoms with Crippen molar-refractivity contribution in [3.8, 4) is 0 Å². The normalized spacial score (nSPS) is 13.1. The summed E-state index contributed by atoms with van der Waals surface area (Å²) in [5.41, 5.74) is 5.89. The smallest absolute Gasteiger partial charge is 0.403 e. The third-order valence-electron chi connectivity index (χ3n) is 2.01. The maximum Gasteiger partial charge on any atom is 0.403 e.